The quantitative estimate of drug-likeness (QED) is 0.763. The second kappa shape index (κ2) is 4.89. The van der Waals surface area contributed by atoms with Crippen molar-refractivity contribution in [1.29, 1.82) is 0 Å². The molecule has 3 rings (SSSR count). The molecule has 0 aliphatic rings. The van der Waals surface area contributed by atoms with Crippen LogP contribution >= 0.6 is 0 Å². The Morgan fingerprint density at radius 2 is 2.10 bits per heavy atom. The van der Waals surface area contributed by atoms with Crippen LogP contribution in [0.1, 0.15) is 34.8 Å². The van der Waals surface area contributed by atoms with Gasteiger partial charge in [0.15, 0.2) is 0 Å². The van der Waals surface area contributed by atoms with E-state index >= 15 is 0 Å². The number of H-pyrrole nitrogens is 1. The zero-order valence-electron chi connectivity index (χ0n) is 11.4. The molecule has 2 N–H and O–H groups in total. The molecule has 0 saturated carbocycles. The summed E-state index contributed by atoms with van der Waals surface area (Å²) in [5, 5.41) is 4.03. The van der Waals surface area contributed by atoms with Crippen LogP contribution < -0.4 is 5.32 Å². The van der Waals surface area contributed by atoms with E-state index < -0.39 is 0 Å². The molecule has 2 aromatic heterocycles. The van der Waals surface area contributed by atoms with E-state index in [0.29, 0.717) is 5.56 Å². The van der Waals surface area contributed by atoms with Crippen molar-refractivity contribution in [1.82, 2.24) is 10.3 Å². The largest absolute Gasteiger partial charge is 0.464 e. The minimum atomic E-state index is -0.157. The molecule has 1 amide bonds. The van der Waals surface area contributed by atoms with Gasteiger partial charge in [-0.1, -0.05) is 6.07 Å². The van der Waals surface area contributed by atoms with Crippen LogP contribution in [0.3, 0.4) is 0 Å². The van der Waals surface area contributed by atoms with E-state index in [0.717, 1.165) is 22.4 Å². The van der Waals surface area contributed by atoms with Crippen molar-refractivity contribution in [2.45, 2.75) is 19.9 Å². The zero-order chi connectivity index (χ0) is 14.1. The highest BCUT2D eigenvalue weighted by Crippen LogP contribution is 2.18. The third-order valence-corrected chi connectivity index (χ3v) is 3.35. The van der Waals surface area contributed by atoms with Crippen molar-refractivity contribution < 1.29 is 9.21 Å². The Morgan fingerprint density at radius 1 is 1.25 bits per heavy atom. The van der Waals surface area contributed by atoms with Crippen molar-refractivity contribution in [3.05, 3.63) is 59.7 Å². The fourth-order valence-corrected chi connectivity index (χ4v) is 2.23. The zero-order valence-corrected chi connectivity index (χ0v) is 11.4. The first kappa shape index (κ1) is 12.5. The Labute approximate surface area is 116 Å². The number of aromatic nitrogens is 1. The van der Waals surface area contributed by atoms with E-state index in [-0.39, 0.29) is 11.9 Å². The van der Waals surface area contributed by atoms with Crippen molar-refractivity contribution in [2.75, 3.05) is 0 Å². The number of carbonyl (C=O) groups is 1. The summed E-state index contributed by atoms with van der Waals surface area (Å²) in [6, 6.07) is 11.2. The minimum Gasteiger partial charge on any atom is -0.464 e. The van der Waals surface area contributed by atoms with Gasteiger partial charge in [0.25, 0.3) is 5.91 Å². The first-order valence-corrected chi connectivity index (χ1v) is 6.58. The van der Waals surface area contributed by atoms with Gasteiger partial charge in [0, 0.05) is 17.3 Å². The molecule has 1 atom stereocenters. The van der Waals surface area contributed by atoms with Gasteiger partial charge in [-0.25, -0.2) is 0 Å². The summed E-state index contributed by atoms with van der Waals surface area (Å²) in [5.74, 6) is 1.49. The maximum atomic E-state index is 12.2. The SMILES string of the molecule is Cc1ccc([C@@H](C)NC(=O)c2ccc3cc[nH]c3c2)o1. The molecule has 1 aromatic carbocycles. The summed E-state index contributed by atoms with van der Waals surface area (Å²) in [6.45, 7) is 3.79. The Bertz CT molecular complexity index is 755. The van der Waals surface area contributed by atoms with Crippen molar-refractivity contribution >= 4 is 16.8 Å². The van der Waals surface area contributed by atoms with Gasteiger partial charge < -0.3 is 14.7 Å². The lowest BCUT2D eigenvalue weighted by atomic mass is 10.1. The molecule has 0 fully saturated rings. The number of amides is 1. The maximum Gasteiger partial charge on any atom is 0.251 e. The molecule has 4 nitrogen and oxygen atoms in total. The summed E-state index contributed by atoms with van der Waals surface area (Å²) in [5.41, 5.74) is 1.59. The first-order chi connectivity index (χ1) is 9.63. The highest BCUT2D eigenvalue weighted by Gasteiger charge is 2.14. The number of furan rings is 1. The minimum absolute atomic E-state index is 0.108. The number of fused-ring (bicyclic) bond motifs is 1. The van der Waals surface area contributed by atoms with E-state index in [4.69, 9.17) is 4.42 Å². The molecule has 0 aliphatic heterocycles. The number of hydrogen-bond donors (Lipinski definition) is 2. The highest BCUT2D eigenvalue weighted by molar-refractivity contribution is 5.98. The van der Waals surface area contributed by atoms with Gasteiger partial charge in [-0.2, -0.15) is 0 Å². The van der Waals surface area contributed by atoms with E-state index in [1.807, 2.05) is 56.4 Å². The van der Waals surface area contributed by atoms with Crippen LogP contribution in [0.5, 0.6) is 0 Å². The average Bonchev–Trinajstić information content (AvgIpc) is 3.05. The molecule has 0 bridgehead atoms. The topological polar surface area (TPSA) is 58.0 Å². The van der Waals surface area contributed by atoms with Gasteiger partial charge in [0.1, 0.15) is 11.5 Å². The molecule has 0 saturated heterocycles. The van der Waals surface area contributed by atoms with Gasteiger partial charge in [0.2, 0.25) is 0 Å². The van der Waals surface area contributed by atoms with Crippen LogP contribution in [0.15, 0.2) is 47.0 Å². The molecule has 4 heteroatoms. The van der Waals surface area contributed by atoms with Gasteiger partial charge >= 0.3 is 0 Å². The summed E-state index contributed by atoms with van der Waals surface area (Å²) in [6.07, 6.45) is 1.86. The predicted molar refractivity (Wildman–Crippen MR) is 77.6 cm³/mol. The molecule has 102 valence electrons. The van der Waals surface area contributed by atoms with Gasteiger partial charge in [-0.15, -0.1) is 0 Å². The molecule has 20 heavy (non-hydrogen) atoms. The molecule has 0 aliphatic carbocycles. The number of nitrogens with one attached hydrogen (secondary N) is 2. The van der Waals surface area contributed by atoms with E-state index in [2.05, 4.69) is 10.3 Å². The standard InChI is InChI=1S/C16H16N2O2/c1-10-3-6-15(20-10)11(2)18-16(19)13-5-4-12-7-8-17-14(12)9-13/h3-9,11,17H,1-2H3,(H,18,19)/t11-/m1/s1. The van der Waals surface area contributed by atoms with Crippen LogP contribution in [0.25, 0.3) is 10.9 Å². The summed E-state index contributed by atoms with van der Waals surface area (Å²) in [4.78, 5) is 15.3. The van der Waals surface area contributed by atoms with Crippen LogP contribution in [-0.4, -0.2) is 10.9 Å². The van der Waals surface area contributed by atoms with Crippen molar-refractivity contribution in [2.24, 2.45) is 0 Å². The number of aryl methyl sites for hydroxylation is 1. The summed E-state index contributed by atoms with van der Waals surface area (Å²) in [7, 11) is 0. The smallest absolute Gasteiger partial charge is 0.251 e. The number of hydrogen-bond acceptors (Lipinski definition) is 2. The van der Waals surface area contributed by atoms with Gasteiger partial charge in [-0.05, 0) is 49.6 Å². The highest BCUT2D eigenvalue weighted by atomic mass is 16.3. The van der Waals surface area contributed by atoms with Crippen LogP contribution in [0, 0.1) is 6.92 Å². The first-order valence-electron chi connectivity index (χ1n) is 6.58. The molecular formula is C16H16N2O2. The average molecular weight is 268 g/mol. The van der Waals surface area contributed by atoms with Crippen LogP contribution in [-0.2, 0) is 0 Å². The Kier molecular flexibility index (Phi) is 3.06. The van der Waals surface area contributed by atoms with Crippen LogP contribution in [0.2, 0.25) is 0 Å². The predicted octanol–water partition coefficient (Wildman–Crippen LogP) is 3.56. The Balaban J connectivity index is 1.78. The second-order valence-corrected chi connectivity index (χ2v) is 4.92. The fraction of sp³-hybridized carbons (Fsp3) is 0.188. The maximum absolute atomic E-state index is 12.2. The second-order valence-electron chi connectivity index (χ2n) is 4.92. The lowest BCUT2D eigenvalue weighted by Crippen LogP contribution is -2.26. The van der Waals surface area contributed by atoms with Gasteiger partial charge in [0.05, 0.1) is 6.04 Å². The van der Waals surface area contributed by atoms with E-state index in [1.54, 1.807) is 0 Å². The number of rotatable bonds is 3. The molecule has 0 spiro atoms. The summed E-state index contributed by atoms with van der Waals surface area (Å²) < 4.78 is 5.52. The van der Waals surface area contributed by atoms with Gasteiger partial charge in [-0.3, -0.25) is 4.79 Å². The lowest BCUT2D eigenvalue weighted by molar-refractivity contribution is 0.0935. The molecule has 0 radical (unpaired) electrons. The van der Waals surface area contributed by atoms with E-state index in [1.165, 1.54) is 0 Å². The fourth-order valence-electron chi connectivity index (χ4n) is 2.23. The third-order valence-electron chi connectivity index (χ3n) is 3.35. The Hall–Kier alpha value is -2.49. The van der Waals surface area contributed by atoms with Crippen LogP contribution in [0.4, 0.5) is 0 Å². The number of carbonyl (C=O) groups excluding carboxylic acids is 1. The van der Waals surface area contributed by atoms with Crippen molar-refractivity contribution in [3.63, 3.8) is 0 Å². The third kappa shape index (κ3) is 2.32. The number of benzene rings is 1. The normalized spacial score (nSPS) is 12.5. The molecule has 2 heterocycles. The monoisotopic (exact) mass is 268 g/mol. The van der Waals surface area contributed by atoms with E-state index in [9.17, 15) is 4.79 Å². The van der Waals surface area contributed by atoms with Crippen molar-refractivity contribution in [3.8, 4) is 0 Å². The molecule has 3 aromatic rings. The Morgan fingerprint density at radius 3 is 2.85 bits per heavy atom. The molecule has 0 unspecified atom stereocenters. The lowest BCUT2D eigenvalue weighted by Gasteiger charge is -2.11. The molecular weight excluding hydrogens is 252 g/mol. The summed E-state index contributed by atoms with van der Waals surface area (Å²) >= 11 is 0. The number of aromatic amines is 1.